The Morgan fingerprint density at radius 1 is 1.32 bits per heavy atom. The lowest BCUT2D eigenvalue weighted by molar-refractivity contribution is 0.0576. The first-order chi connectivity index (χ1) is 9.03. The lowest BCUT2D eigenvalue weighted by atomic mass is 9.89. The van der Waals surface area contributed by atoms with Crippen molar-refractivity contribution in [2.24, 2.45) is 0 Å². The molecule has 1 heterocycles. The highest BCUT2D eigenvalue weighted by Gasteiger charge is 2.24. The molecule has 2 rings (SSSR count). The van der Waals surface area contributed by atoms with Crippen LogP contribution in [0.3, 0.4) is 0 Å². The third-order valence-electron chi connectivity index (χ3n) is 3.03. The second-order valence-electron chi connectivity index (χ2n) is 4.61. The highest BCUT2D eigenvalue weighted by atomic mass is 35.5. The van der Waals surface area contributed by atoms with Crippen LogP contribution in [0.2, 0.25) is 5.02 Å². The van der Waals surface area contributed by atoms with Crippen molar-refractivity contribution < 1.29 is 5.11 Å². The van der Waals surface area contributed by atoms with Crippen molar-refractivity contribution in [3.8, 4) is 6.07 Å². The third kappa shape index (κ3) is 3.11. The minimum absolute atomic E-state index is 0.389. The van der Waals surface area contributed by atoms with Gasteiger partial charge in [0, 0.05) is 18.8 Å². The van der Waals surface area contributed by atoms with Crippen LogP contribution in [-0.2, 0) is 12.0 Å². The maximum absolute atomic E-state index is 10.6. The molecule has 1 aromatic carbocycles. The monoisotopic (exact) mass is 272 g/mol. The van der Waals surface area contributed by atoms with Gasteiger partial charge in [0.15, 0.2) is 0 Å². The highest BCUT2D eigenvalue weighted by Crippen LogP contribution is 2.28. The van der Waals surface area contributed by atoms with Crippen molar-refractivity contribution in [3.63, 3.8) is 0 Å². The maximum Gasteiger partial charge on any atom is 0.0991 e. The Morgan fingerprint density at radius 2 is 2.00 bits per heavy atom. The van der Waals surface area contributed by atoms with Crippen LogP contribution < -0.4 is 0 Å². The summed E-state index contributed by atoms with van der Waals surface area (Å²) < 4.78 is 0. The van der Waals surface area contributed by atoms with E-state index in [1.54, 1.807) is 49.6 Å². The minimum Gasteiger partial charge on any atom is -0.385 e. The Kier molecular flexibility index (Phi) is 3.84. The van der Waals surface area contributed by atoms with Crippen molar-refractivity contribution in [3.05, 3.63) is 64.4 Å². The van der Waals surface area contributed by atoms with Crippen molar-refractivity contribution in [2.75, 3.05) is 0 Å². The molecule has 2 aromatic rings. The van der Waals surface area contributed by atoms with Gasteiger partial charge < -0.3 is 5.11 Å². The van der Waals surface area contributed by atoms with E-state index in [0.717, 1.165) is 11.1 Å². The maximum atomic E-state index is 10.6. The topological polar surface area (TPSA) is 56.9 Å². The summed E-state index contributed by atoms with van der Waals surface area (Å²) in [7, 11) is 0. The van der Waals surface area contributed by atoms with Crippen LogP contribution in [0.4, 0.5) is 0 Å². The van der Waals surface area contributed by atoms with Gasteiger partial charge in [0.1, 0.15) is 0 Å². The van der Waals surface area contributed by atoms with E-state index in [1.807, 2.05) is 0 Å². The second-order valence-corrected chi connectivity index (χ2v) is 5.01. The quantitative estimate of drug-likeness (QED) is 0.934. The molecular weight excluding hydrogens is 260 g/mol. The summed E-state index contributed by atoms with van der Waals surface area (Å²) in [4.78, 5) is 3.92. The molecule has 0 radical (unpaired) electrons. The van der Waals surface area contributed by atoms with Crippen LogP contribution >= 0.6 is 11.6 Å². The van der Waals surface area contributed by atoms with Gasteiger partial charge in [-0.15, -0.1) is 0 Å². The Hall–Kier alpha value is -1.89. The van der Waals surface area contributed by atoms with Crippen molar-refractivity contribution >= 4 is 11.6 Å². The molecule has 0 amide bonds. The zero-order chi connectivity index (χ0) is 13.9. The summed E-state index contributed by atoms with van der Waals surface area (Å²) in [5.74, 6) is 0. The molecule has 1 N–H and O–H groups in total. The summed E-state index contributed by atoms with van der Waals surface area (Å²) in [5.41, 5.74) is 1.12. The molecule has 0 aliphatic carbocycles. The fourth-order valence-corrected chi connectivity index (χ4v) is 2.11. The smallest absolute Gasteiger partial charge is 0.0991 e. The number of hydrogen-bond acceptors (Lipinski definition) is 3. The van der Waals surface area contributed by atoms with Gasteiger partial charge in [-0.3, -0.25) is 4.98 Å². The van der Waals surface area contributed by atoms with E-state index in [1.165, 1.54) is 0 Å². The molecule has 1 unspecified atom stereocenters. The van der Waals surface area contributed by atoms with Crippen molar-refractivity contribution in [1.82, 2.24) is 4.98 Å². The Bertz CT molecular complexity index is 615. The van der Waals surface area contributed by atoms with Gasteiger partial charge in [-0.1, -0.05) is 23.7 Å². The van der Waals surface area contributed by atoms with Gasteiger partial charge in [0.2, 0.25) is 0 Å². The number of halogens is 1. The lowest BCUT2D eigenvalue weighted by Gasteiger charge is -2.24. The fourth-order valence-electron chi connectivity index (χ4n) is 1.92. The highest BCUT2D eigenvalue weighted by molar-refractivity contribution is 6.31. The average molecular weight is 273 g/mol. The predicted molar refractivity (Wildman–Crippen MR) is 73.7 cm³/mol. The summed E-state index contributed by atoms with van der Waals surface area (Å²) in [6.45, 7) is 1.73. The van der Waals surface area contributed by atoms with E-state index < -0.39 is 5.60 Å². The molecule has 1 aromatic heterocycles. The average Bonchev–Trinajstić information content (AvgIpc) is 2.41. The zero-order valence-corrected chi connectivity index (χ0v) is 11.2. The molecule has 1 atom stereocenters. The van der Waals surface area contributed by atoms with Crippen LogP contribution in [0.5, 0.6) is 0 Å². The first kappa shape index (κ1) is 13.5. The molecule has 0 saturated carbocycles. The minimum atomic E-state index is -1.04. The van der Waals surface area contributed by atoms with Crippen molar-refractivity contribution in [2.45, 2.75) is 18.9 Å². The van der Waals surface area contributed by atoms with Crippen LogP contribution in [0.25, 0.3) is 0 Å². The molecular formula is C15H13ClN2O. The number of aliphatic hydroxyl groups is 1. The summed E-state index contributed by atoms with van der Waals surface area (Å²) in [6, 6.07) is 10.7. The van der Waals surface area contributed by atoms with E-state index in [4.69, 9.17) is 16.9 Å². The standard InChI is InChI=1S/C15H13ClN2O/c1-15(19,8-12-6-7-18-10-14(12)16)13-4-2-11(9-17)3-5-13/h2-7,10,19H,8H2,1H3. The molecule has 4 heteroatoms. The summed E-state index contributed by atoms with van der Waals surface area (Å²) >= 11 is 6.05. The van der Waals surface area contributed by atoms with Gasteiger partial charge in [0.25, 0.3) is 0 Å². The third-order valence-corrected chi connectivity index (χ3v) is 3.37. The second kappa shape index (κ2) is 5.40. The van der Waals surface area contributed by atoms with Crippen LogP contribution in [-0.4, -0.2) is 10.1 Å². The Balaban J connectivity index is 2.27. The first-order valence-electron chi connectivity index (χ1n) is 5.84. The molecule has 0 fully saturated rings. The molecule has 0 bridgehead atoms. The van der Waals surface area contributed by atoms with Gasteiger partial charge >= 0.3 is 0 Å². The van der Waals surface area contributed by atoms with Crippen LogP contribution in [0.15, 0.2) is 42.7 Å². The normalized spacial score (nSPS) is 13.6. The molecule has 3 nitrogen and oxygen atoms in total. The van der Waals surface area contributed by atoms with Gasteiger partial charge in [-0.05, 0) is 36.2 Å². The predicted octanol–water partition coefficient (Wildman–Crippen LogP) is 3.06. The number of rotatable bonds is 3. The molecule has 0 aliphatic heterocycles. The number of benzene rings is 1. The SMILES string of the molecule is CC(O)(Cc1ccncc1Cl)c1ccc(C#N)cc1. The summed E-state index contributed by atoms with van der Waals surface area (Å²) in [6.07, 6.45) is 3.60. The van der Waals surface area contributed by atoms with Gasteiger partial charge in [-0.25, -0.2) is 0 Å². The summed E-state index contributed by atoms with van der Waals surface area (Å²) in [5, 5.41) is 19.9. The number of hydrogen-bond donors (Lipinski definition) is 1. The largest absolute Gasteiger partial charge is 0.385 e. The van der Waals surface area contributed by atoms with E-state index >= 15 is 0 Å². The molecule has 19 heavy (non-hydrogen) atoms. The fraction of sp³-hybridized carbons (Fsp3) is 0.200. The van der Waals surface area contributed by atoms with E-state index in [-0.39, 0.29) is 0 Å². The van der Waals surface area contributed by atoms with E-state index in [2.05, 4.69) is 11.1 Å². The first-order valence-corrected chi connectivity index (χ1v) is 6.22. The Labute approximate surface area is 117 Å². The van der Waals surface area contributed by atoms with Gasteiger partial charge in [-0.2, -0.15) is 5.26 Å². The van der Waals surface area contributed by atoms with E-state index in [9.17, 15) is 5.11 Å². The number of aromatic nitrogens is 1. The van der Waals surface area contributed by atoms with Crippen molar-refractivity contribution in [1.29, 1.82) is 5.26 Å². The molecule has 0 aliphatic rings. The molecule has 0 saturated heterocycles. The lowest BCUT2D eigenvalue weighted by Crippen LogP contribution is -2.24. The number of nitriles is 1. The Morgan fingerprint density at radius 3 is 2.58 bits per heavy atom. The van der Waals surface area contributed by atoms with Gasteiger partial charge in [0.05, 0.1) is 22.3 Å². The van der Waals surface area contributed by atoms with Crippen LogP contribution in [0.1, 0.15) is 23.6 Å². The zero-order valence-electron chi connectivity index (χ0n) is 10.5. The number of nitrogens with zero attached hydrogens (tertiary/aromatic N) is 2. The van der Waals surface area contributed by atoms with E-state index in [0.29, 0.717) is 17.0 Å². The van der Waals surface area contributed by atoms with Crippen LogP contribution in [0, 0.1) is 11.3 Å². The molecule has 0 spiro atoms. The number of pyridine rings is 1. The molecule has 96 valence electrons.